The number of hydrogen-bond acceptors (Lipinski definition) is 3. The van der Waals surface area contributed by atoms with Gasteiger partial charge in [-0.15, -0.1) is 0 Å². The van der Waals surface area contributed by atoms with E-state index in [9.17, 15) is 4.79 Å². The van der Waals surface area contributed by atoms with Crippen molar-refractivity contribution in [3.05, 3.63) is 35.4 Å². The number of aryl methyl sites for hydroxylation is 1. The van der Waals surface area contributed by atoms with E-state index in [1.54, 1.807) is 0 Å². The second kappa shape index (κ2) is 6.52. The molecule has 0 spiro atoms. The second-order valence-electron chi connectivity index (χ2n) is 4.60. The Balaban J connectivity index is 1.76. The van der Waals surface area contributed by atoms with Crippen LogP contribution in [0.2, 0.25) is 0 Å². The average Bonchev–Trinajstić information content (AvgIpc) is 2.39. The highest BCUT2D eigenvalue weighted by molar-refractivity contribution is 5.76. The van der Waals surface area contributed by atoms with Crippen LogP contribution in [0.4, 0.5) is 0 Å². The van der Waals surface area contributed by atoms with E-state index < -0.39 is 0 Å². The molecule has 2 rings (SSSR count). The smallest absolute Gasteiger partial charge is 0.222 e. The van der Waals surface area contributed by atoms with Crippen molar-refractivity contribution in [2.75, 3.05) is 19.7 Å². The van der Waals surface area contributed by atoms with E-state index in [1.807, 2.05) is 18.2 Å². The van der Waals surface area contributed by atoms with Crippen molar-refractivity contribution in [3.8, 4) is 0 Å². The Morgan fingerprint density at radius 3 is 3.06 bits per heavy atom. The number of nitrogens with one attached hydrogen (secondary N) is 2. The van der Waals surface area contributed by atoms with Crippen LogP contribution in [0.15, 0.2) is 24.3 Å². The largest absolute Gasteiger partial charge is 0.375 e. The van der Waals surface area contributed by atoms with Crippen LogP contribution in [0.25, 0.3) is 0 Å². The summed E-state index contributed by atoms with van der Waals surface area (Å²) in [5, 5.41) is 6.16. The third-order valence-electron chi connectivity index (χ3n) is 3.15. The molecule has 98 valence electrons. The number of ether oxygens (including phenoxy) is 1. The summed E-state index contributed by atoms with van der Waals surface area (Å²) < 4.78 is 5.50. The normalized spacial score (nSPS) is 19.5. The summed E-state index contributed by atoms with van der Waals surface area (Å²) >= 11 is 0. The van der Waals surface area contributed by atoms with Crippen molar-refractivity contribution in [3.63, 3.8) is 0 Å². The maximum atomic E-state index is 11.8. The molecule has 4 nitrogen and oxygen atoms in total. The standard InChI is InChI=1S/C14H20N2O2/c1-11-4-2-3-5-12(11)9-16-14(17)8-13-10-15-6-7-18-13/h2-5,13,15H,6-10H2,1H3,(H,16,17). The number of morpholine rings is 1. The van der Waals surface area contributed by atoms with Crippen LogP contribution >= 0.6 is 0 Å². The van der Waals surface area contributed by atoms with E-state index in [2.05, 4.69) is 23.6 Å². The Hall–Kier alpha value is -1.39. The molecular weight excluding hydrogens is 228 g/mol. The lowest BCUT2D eigenvalue weighted by molar-refractivity contribution is -0.124. The molecule has 1 aliphatic rings. The van der Waals surface area contributed by atoms with Crippen molar-refractivity contribution >= 4 is 5.91 Å². The van der Waals surface area contributed by atoms with Crippen LogP contribution in [-0.2, 0) is 16.1 Å². The molecule has 1 amide bonds. The van der Waals surface area contributed by atoms with E-state index in [-0.39, 0.29) is 12.0 Å². The molecule has 0 saturated carbocycles. The molecule has 1 heterocycles. The first-order chi connectivity index (χ1) is 8.75. The number of carbonyl (C=O) groups excluding carboxylic acids is 1. The number of amides is 1. The minimum Gasteiger partial charge on any atom is -0.375 e. The lowest BCUT2D eigenvalue weighted by Gasteiger charge is -2.23. The van der Waals surface area contributed by atoms with Gasteiger partial charge in [0.15, 0.2) is 0 Å². The van der Waals surface area contributed by atoms with Gasteiger partial charge in [0.05, 0.1) is 19.1 Å². The Bertz CT molecular complexity index is 401. The molecule has 1 saturated heterocycles. The molecule has 1 aromatic carbocycles. The summed E-state index contributed by atoms with van der Waals surface area (Å²) in [6.07, 6.45) is 0.439. The molecule has 1 aliphatic heterocycles. The van der Waals surface area contributed by atoms with Crippen LogP contribution in [0.5, 0.6) is 0 Å². The topological polar surface area (TPSA) is 50.4 Å². The van der Waals surface area contributed by atoms with Gasteiger partial charge in [0.2, 0.25) is 5.91 Å². The molecule has 1 aromatic rings. The molecule has 0 bridgehead atoms. The summed E-state index contributed by atoms with van der Waals surface area (Å²) in [4.78, 5) is 11.8. The Labute approximate surface area is 108 Å². The van der Waals surface area contributed by atoms with Gasteiger partial charge in [-0.05, 0) is 18.1 Å². The summed E-state index contributed by atoms with van der Waals surface area (Å²) in [6.45, 7) is 4.97. The third kappa shape index (κ3) is 3.82. The monoisotopic (exact) mass is 248 g/mol. The molecule has 2 N–H and O–H groups in total. The van der Waals surface area contributed by atoms with Gasteiger partial charge in [0.25, 0.3) is 0 Å². The lowest BCUT2D eigenvalue weighted by Crippen LogP contribution is -2.41. The van der Waals surface area contributed by atoms with Crippen LogP contribution in [0.3, 0.4) is 0 Å². The van der Waals surface area contributed by atoms with Gasteiger partial charge < -0.3 is 15.4 Å². The third-order valence-corrected chi connectivity index (χ3v) is 3.15. The Morgan fingerprint density at radius 2 is 2.33 bits per heavy atom. The van der Waals surface area contributed by atoms with E-state index in [1.165, 1.54) is 5.56 Å². The number of benzene rings is 1. The fourth-order valence-corrected chi connectivity index (χ4v) is 2.03. The first-order valence-electron chi connectivity index (χ1n) is 6.39. The van der Waals surface area contributed by atoms with E-state index in [4.69, 9.17) is 4.74 Å². The summed E-state index contributed by atoms with van der Waals surface area (Å²) in [5.74, 6) is 0.0481. The number of hydrogen-bond donors (Lipinski definition) is 2. The predicted molar refractivity (Wildman–Crippen MR) is 70.3 cm³/mol. The molecular formula is C14H20N2O2. The molecule has 0 aliphatic carbocycles. The minimum absolute atomic E-state index is 0.00983. The van der Waals surface area contributed by atoms with E-state index >= 15 is 0 Å². The lowest BCUT2D eigenvalue weighted by atomic mass is 10.1. The molecule has 18 heavy (non-hydrogen) atoms. The predicted octanol–water partition coefficient (Wildman–Crippen LogP) is 0.990. The van der Waals surface area contributed by atoms with Crippen LogP contribution in [0, 0.1) is 6.92 Å². The SMILES string of the molecule is Cc1ccccc1CNC(=O)CC1CNCCO1. The molecule has 0 radical (unpaired) electrons. The Kier molecular flexibility index (Phi) is 4.73. The van der Waals surface area contributed by atoms with Crippen molar-refractivity contribution in [1.82, 2.24) is 10.6 Å². The maximum Gasteiger partial charge on any atom is 0.222 e. The number of rotatable bonds is 4. The second-order valence-corrected chi connectivity index (χ2v) is 4.60. The van der Waals surface area contributed by atoms with E-state index in [0.717, 1.165) is 18.7 Å². The maximum absolute atomic E-state index is 11.8. The van der Waals surface area contributed by atoms with Crippen LogP contribution in [-0.4, -0.2) is 31.7 Å². The highest BCUT2D eigenvalue weighted by Gasteiger charge is 2.16. The summed E-state index contributed by atoms with van der Waals surface area (Å²) in [7, 11) is 0. The van der Waals surface area contributed by atoms with Gasteiger partial charge in [-0.25, -0.2) is 0 Å². The average molecular weight is 248 g/mol. The van der Waals surface area contributed by atoms with Crippen molar-refractivity contribution < 1.29 is 9.53 Å². The van der Waals surface area contributed by atoms with Gasteiger partial charge >= 0.3 is 0 Å². The van der Waals surface area contributed by atoms with Gasteiger partial charge in [-0.3, -0.25) is 4.79 Å². The van der Waals surface area contributed by atoms with Crippen LogP contribution in [0.1, 0.15) is 17.5 Å². The first-order valence-corrected chi connectivity index (χ1v) is 6.39. The summed E-state index contributed by atoms with van der Waals surface area (Å²) in [6, 6.07) is 8.08. The molecule has 0 aromatic heterocycles. The van der Waals surface area contributed by atoms with Crippen molar-refractivity contribution in [2.45, 2.75) is 26.0 Å². The van der Waals surface area contributed by atoms with Gasteiger partial charge in [0, 0.05) is 19.6 Å². The van der Waals surface area contributed by atoms with Gasteiger partial charge in [0.1, 0.15) is 0 Å². The summed E-state index contributed by atoms with van der Waals surface area (Å²) in [5.41, 5.74) is 2.36. The zero-order valence-corrected chi connectivity index (χ0v) is 10.7. The zero-order valence-electron chi connectivity index (χ0n) is 10.7. The van der Waals surface area contributed by atoms with Crippen molar-refractivity contribution in [2.24, 2.45) is 0 Å². The minimum atomic E-state index is 0.00983. The fourth-order valence-electron chi connectivity index (χ4n) is 2.03. The fraction of sp³-hybridized carbons (Fsp3) is 0.500. The molecule has 1 fully saturated rings. The zero-order chi connectivity index (χ0) is 12.8. The highest BCUT2D eigenvalue weighted by Crippen LogP contribution is 2.07. The van der Waals surface area contributed by atoms with Gasteiger partial charge in [-0.1, -0.05) is 24.3 Å². The molecule has 4 heteroatoms. The van der Waals surface area contributed by atoms with E-state index in [0.29, 0.717) is 19.6 Å². The number of carbonyl (C=O) groups is 1. The molecule has 1 atom stereocenters. The van der Waals surface area contributed by atoms with Gasteiger partial charge in [-0.2, -0.15) is 0 Å². The first kappa shape index (κ1) is 13.1. The van der Waals surface area contributed by atoms with Crippen LogP contribution < -0.4 is 10.6 Å². The Morgan fingerprint density at radius 1 is 1.50 bits per heavy atom. The highest BCUT2D eigenvalue weighted by atomic mass is 16.5. The quantitative estimate of drug-likeness (QED) is 0.835. The van der Waals surface area contributed by atoms with Crippen molar-refractivity contribution in [1.29, 1.82) is 0 Å². The molecule has 1 unspecified atom stereocenters.